The standard InChI is InChI=1S/C17H25N3/c1-6-18-17(16-11-20(5)19-14(16)4)10-15-12(2)8-7-9-13(15)3/h7-9,11,17-18H,6,10H2,1-5H3. The zero-order valence-electron chi connectivity index (χ0n) is 13.2. The predicted octanol–water partition coefficient (Wildman–Crippen LogP) is 3.24. The Morgan fingerprint density at radius 3 is 2.35 bits per heavy atom. The lowest BCUT2D eigenvalue weighted by Gasteiger charge is -2.20. The summed E-state index contributed by atoms with van der Waals surface area (Å²) in [6.07, 6.45) is 3.15. The van der Waals surface area contributed by atoms with E-state index < -0.39 is 0 Å². The summed E-state index contributed by atoms with van der Waals surface area (Å²) in [5, 5.41) is 8.08. The Morgan fingerprint density at radius 1 is 1.20 bits per heavy atom. The molecule has 2 aromatic rings. The highest BCUT2D eigenvalue weighted by atomic mass is 15.3. The molecule has 0 amide bonds. The topological polar surface area (TPSA) is 29.9 Å². The normalized spacial score (nSPS) is 12.7. The molecule has 1 atom stereocenters. The molecule has 0 saturated carbocycles. The van der Waals surface area contributed by atoms with Gasteiger partial charge in [0.2, 0.25) is 0 Å². The van der Waals surface area contributed by atoms with Gasteiger partial charge >= 0.3 is 0 Å². The van der Waals surface area contributed by atoms with E-state index in [1.54, 1.807) is 0 Å². The molecule has 20 heavy (non-hydrogen) atoms. The summed E-state index contributed by atoms with van der Waals surface area (Å²) in [4.78, 5) is 0. The van der Waals surface area contributed by atoms with E-state index in [1.807, 2.05) is 11.7 Å². The molecule has 1 N–H and O–H groups in total. The van der Waals surface area contributed by atoms with Crippen molar-refractivity contribution in [3.8, 4) is 0 Å². The summed E-state index contributed by atoms with van der Waals surface area (Å²) < 4.78 is 1.90. The summed E-state index contributed by atoms with van der Waals surface area (Å²) in [6.45, 7) is 9.60. The first-order chi connectivity index (χ1) is 9.52. The van der Waals surface area contributed by atoms with E-state index in [9.17, 15) is 0 Å². The first-order valence-corrected chi connectivity index (χ1v) is 7.31. The molecule has 0 aliphatic heterocycles. The third-order valence-corrected chi connectivity index (χ3v) is 3.93. The number of likely N-dealkylation sites (N-methyl/N-ethyl adjacent to an activating group) is 1. The van der Waals surface area contributed by atoms with Crippen molar-refractivity contribution in [2.45, 2.75) is 40.2 Å². The molecule has 0 fully saturated rings. The maximum Gasteiger partial charge on any atom is 0.0641 e. The van der Waals surface area contributed by atoms with Crippen molar-refractivity contribution >= 4 is 0 Å². The molecule has 0 aliphatic rings. The lowest BCUT2D eigenvalue weighted by molar-refractivity contribution is 0.545. The van der Waals surface area contributed by atoms with Crippen molar-refractivity contribution in [3.05, 3.63) is 52.3 Å². The van der Waals surface area contributed by atoms with Crippen LogP contribution in [0.4, 0.5) is 0 Å². The van der Waals surface area contributed by atoms with Gasteiger partial charge in [0.15, 0.2) is 0 Å². The van der Waals surface area contributed by atoms with Crippen molar-refractivity contribution in [1.82, 2.24) is 15.1 Å². The quantitative estimate of drug-likeness (QED) is 0.904. The minimum Gasteiger partial charge on any atom is -0.310 e. The van der Waals surface area contributed by atoms with Gasteiger partial charge in [-0.1, -0.05) is 25.1 Å². The van der Waals surface area contributed by atoms with Crippen LogP contribution in [0.5, 0.6) is 0 Å². The van der Waals surface area contributed by atoms with E-state index in [0.29, 0.717) is 6.04 Å². The summed E-state index contributed by atoms with van der Waals surface area (Å²) in [7, 11) is 1.98. The molecule has 0 aliphatic carbocycles. The fraction of sp³-hybridized carbons (Fsp3) is 0.471. The minimum absolute atomic E-state index is 0.327. The van der Waals surface area contributed by atoms with Gasteiger partial charge in [-0.15, -0.1) is 0 Å². The molecular formula is C17H25N3. The number of hydrogen-bond donors (Lipinski definition) is 1. The zero-order chi connectivity index (χ0) is 14.7. The van der Waals surface area contributed by atoms with Crippen molar-refractivity contribution < 1.29 is 0 Å². The Hall–Kier alpha value is -1.61. The molecule has 108 valence electrons. The van der Waals surface area contributed by atoms with Crippen LogP contribution < -0.4 is 5.32 Å². The SMILES string of the molecule is CCNC(Cc1c(C)cccc1C)c1cn(C)nc1C. The first-order valence-electron chi connectivity index (χ1n) is 7.31. The van der Waals surface area contributed by atoms with Crippen LogP contribution in [0.25, 0.3) is 0 Å². The Balaban J connectivity index is 2.33. The summed E-state index contributed by atoms with van der Waals surface area (Å²) in [5.74, 6) is 0. The van der Waals surface area contributed by atoms with E-state index in [1.165, 1.54) is 22.3 Å². The van der Waals surface area contributed by atoms with Gasteiger partial charge in [-0.05, 0) is 50.4 Å². The number of nitrogens with zero attached hydrogens (tertiary/aromatic N) is 2. The Morgan fingerprint density at radius 2 is 1.85 bits per heavy atom. The van der Waals surface area contributed by atoms with Crippen LogP contribution >= 0.6 is 0 Å². The van der Waals surface area contributed by atoms with E-state index >= 15 is 0 Å². The van der Waals surface area contributed by atoms with Crippen LogP contribution in [0.2, 0.25) is 0 Å². The maximum atomic E-state index is 4.48. The number of hydrogen-bond acceptors (Lipinski definition) is 2. The predicted molar refractivity (Wildman–Crippen MR) is 84.0 cm³/mol. The molecule has 0 radical (unpaired) electrons. The van der Waals surface area contributed by atoms with Gasteiger partial charge in [-0.25, -0.2) is 0 Å². The maximum absolute atomic E-state index is 4.48. The molecular weight excluding hydrogens is 246 g/mol. The van der Waals surface area contributed by atoms with Gasteiger partial charge in [0.1, 0.15) is 0 Å². The average molecular weight is 271 g/mol. The summed E-state index contributed by atoms with van der Waals surface area (Å²) in [5.41, 5.74) is 6.60. The number of rotatable bonds is 5. The number of aromatic nitrogens is 2. The molecule has 3 nitrogen and oxygen atoms in total. The van der Waals surface area contributed by atoms with E-state index in [-0.39, 0.29) is 0 Å². The highest BCUT2D eigenvalue weighted by Crippen LogP contribution is 2.24. The highest BCUT2D eigenvalue weighted by molar-refractivity contribution is 5.35. The van der Waals surface area contributed by atoms with Gasteiger partial charge in [0.25, 0.3) is 0 Å². The average Bonchev–Trinajstić information content (AvgIpc) is 2.72. The number of benzene rings is 1. The van der Waals surface area contributed by atoms with Crippen molar-refractivity contribution in [2.75, 3.05) is 6.54 Å². The van der Waals surface area contributed by atoms with Crippen molar-refractivity contribution in [2.24, 2.45) is 7.05 Å². The fourth-order valence-corrected chi connectivity index (χ4v) is 2.87. The van der Waals surface area contributed by atoms with Crippen LogP contribution in [0, 0.1) is 20.8 Å². The largest absolute Gasteiger partial charge is 0.310 e. The van der Waals surface area contributed by atoms with E-state index in [2.05, 4.69) is 62.5 Å². The van der Waals surface area contributed by atoms with Gasteiger partial charge < -0.3 is 5.32 Å². The Labute approximate surface area is 122 Å². The Kier molecular flexibility index (Phi) is 4.61. The van der Waals surface area contributed by atoms with Crippen molar-refractivity contribution in [3.63, 3.8) is 0 Å². The van der Waals surface area contributed by atoms with Crippen LogP contribution in [-0.2, 0) is 13.5 Å². The van der Waals surface area contributed by atoms with E-state index in [4.69, 9.17) is 0 Å². The number of aryl methyl sites for hydroxylation is 4. The monoisotopic (exact) mass is 271 g/mol. The summed E-state index contributed by atoms with van der Waals surface area (Å²) in [6, 6.07) is 6.85. The third-order valence-electron chi connectivity index (χ3n) is 3.93. The third kappa shape index (κ3) is 3.10. The second-order valence-corrected chi connectivity index (χ2v) is 5.53. The molecule has 3 heteroatoms. The molecule has 0 saturated heterocycles. The molecule has 0 bridgehead atoms. The van der Waals surface area contributed by atoms with Gasteiger partial charge in [0.05, 0.1) is 5.69 Å². The number of nitrogens with one attached hydrogen (secondary N) is 1. The smallest absolute Gasteiger partial charge is 0.0641 e. The molecule has 2 rings (SSSR count). The fourth-order valence-electron chi connectivity index (χ4n) is 2.87. The minimum atomic E-state index is 0.327. The summed E-state index contributed by atoms with van der Waals surface area (Å²) >= 11 is 0. The molecule has 1 aromatic heterocycles. The van der Waals surface area contributed by atoms with Crippen LogP contribution in [0.15, 0.2) is 24.4 Å². The molecule has 1 aromatic carbocycles. The van der Waals surface area contributed by atoms with Gasteiger partial charge in [-0.3, -0.25) is 4.68 Å². The van der Waals surface area contributed by atoms with Gasteiger partial charge in [0, 0.05) is 24.8 Å². The van der Waals surface area contributed by atoms with Crippen LogP contribution in [0.3, 0.4) is 0 Å². The van der Waals surface area contributed by atoms with Crippen molar-refractivity contribution in [1.29, 1.82) is 0 Å². The molecule has 1 unspecified atom stereocenters. The van der Waals surface area contributed by atoms with Crippen LogP contribution in [0.1, 0.15) is 40.9 Å². The highest BCUT2D eigenvalue weighted by Gasteiger charge is 2.17. The molecule has 1 heterocycles. The van der Waals surface area contributed by atoms with E-state index in [0.717, 1.165) is 18.7 Å². The van der Waals surface area contributed by atoms with Crippen LogP contribution in [-0.4, -0.2) is 16.3 Å². The molecule has 0 spiro atoms. The first kappa shape index (κ1) is 14.8. The van der Waals surface area contributed by atoms with Gasteiger partial charge in [-0.2, -0.15) is 5.10 Å². The lowest BCUT2D eigenvalue weighted by atomic mass is 9.93. The lowest BCUT2D eigenvalue weighted by Crippen LogP contribution is -2.24. The zero-order valence-corrected chi connectivity index (χ0v) is 13.2. The second-order valence-electron chi connectivity index (χ2n) is 5.53. The second kappa shape index (κ2) is 6.23. The Bertz CT molecular complexity index is 564.